The summed E-state index contributed by atoms with van der Waals surface area (Å²) >= 11 is 1.39. The number of rotatable bonds is 8. The number of hydrogen-bond acceptors (Lipinski definition) is 6. The molecule has 3 aromatic rings. The minimum atomic E-state index is -0.389. The number of amides is 1. The van der Waals surface area contributed by atoms with E-state index in [-0.39, 0.29) is 11.2 Å². The fraction of sp³-hybridized carbons (Fsp3) is 0.318. The monoisotopic (exact) mass is 424 g/mol. The molecule has 1 amide bonds. The summed E-state index contributed by atoms with van der Waals surface area (Å²) < 4.78 is 12.7. The van der Waals surface area contributed by atoms with Gasteiger partial charge in [-0.25, -0.2) is 0 Å². The number of benzene rings is 2. The number of para-hydroxylation sites is 1. The molecule has 1 atom stereocenters. The Bertz CT molecular complexity index is 1030. The first-order valence-electron chi connectivity index (χ1n) is 9.81. The molecule has 1 unspecified atom stereocenters. The summed E-state index contributed by atoms with van der Waals surface area (Å²) in [7, 11) is 3.15. The molecule has 1 aliphatic carbocycles. The van der Waals surface area contributed by atoms with Gasteiger partial charge in [-0.2, -0.15) is 0 Å². The first kappa shape index (κ1) is 20.3. The van der Waals surface area contributed by atoms with E-state index in [0.29, 0.717) is 28.3 Å². The summed E-state index contributed by atoms with van der Waals surface area (Å²) in [5, 5.41) is 12.1. The molecule has 4 rings (SSSR count). The van der Waals surface area contributed by atoms with Gasteiger partial charge in [0, 0.05) is 17.7 Å². The van der Waals surface area contributed by atoms with Crippen molar-refractivity contribution in [3.63, 3.8) is 0 Å². The van der Waals surface area contributed by atoms with Crippen molar-refractivity contribution in [1.29, 1.82) is 0 Å². The van der Waals surface area contributed by atoms with Crippen molar-refractivity contribution in [3.8, 4) is 17.2 Å². The second kappa shape index (κ2) is 8.79. The van der Waals surface area contributed by atoms with Crippen LogP contribution in [0, 0.1) is 0 Å². The molecule has 1 fully saturated rings. The Balaban J connectivity index is 1.55. The predicted molar refractivity (Wildman–Crippen MR) is 117 cm³/mol. The average molecular weight is 425 g/mol. The lowest BCUT2D eigenvalue weighted by atomic mass is 10.2. The van der Waals surface area contributed by atoms with E-state index in [1.165, 1.54) is 11.8 Å². The maximum Gasteiger partial charge on any atom is 0.237 e. The Morgan fingerprint density at radius 3 is 2.57 bits per heavy atom. The van der Waals surface area contributed by atoms with E-state index >= 15 is 0 Å². The van der Waals surface area contributed by atoms with Crippen LogP contribution < -0.4 is 14.8 Å². The van der Waals surface area contributed by atoms with E-state index in [1.807, 2.05) is 37.3 Å². The van der Waals surface area contributed by atoms with E-state index in [9.17, 15) is 4.79 Å². The van der Waals surface area contributed by atoms with Crippen molar-refractivity contribution in [2.24, 2.45) is 0 Å². The van der Waals surface area contributed by atoms with E-state index in [2.05, 4.69) is 20.1 Å². The zero-order valence-electron chi connectivity index (χ0n) is 17.2. The summed E-state index contributed by atoms with van der Waals surface area (Å²) in [5.41, 5.74) is 1.58. The fourth-order valence-corrected chi connectivity index (χ4v) is 4.02. The average Bonchev–Trinajstić information content (AvgIpc) is 3.54. The number of nitrogens with zero attached hydrogens (tertiary/aromatic N) is 3. The number of nitrogens with one attached hydrogen (secondary N) is 1. The molecule has 2 aromatic carbocycles. The molecule has 7 nitrogen and oxygen atoms in total. The van der Waals surface area contributed by atoms with Crippen LogP contribution >= 0.6 is 11.8 Å². The topological polar surface area (TPSA) is 78.3 Å². The van der Waals surface area contributed by atoms with Gasteiger partial charge in [0.2, 0.25) is 5.91 Å². The maximum absolute atomic E-state index is 12.9. The Hall–Kier alpha value is -3.00. The van der Waals surface area contributed by atoms with Crippen molar-refractivity contribution < 1.29 is 14.3 Å². The lowest BCUT2D eigenvalue weighted by molar-refractivity contribution is -0.115. The van der Waals surface area contributed by atoms with Gasteiger partial charge in [0.15, 0.2) is 5.16 Å². The Labute approximate surface area is 179 Å². The van der Waals surface area contributed by atoms with Gasteiger partial charge < -0.3 is 14.8 Å². The molecule has 1 N–H and O–H groups in total. The summed E-state index contributed by atoms with van der Waals surface area (Å²) in [6.07, 6.45) is 2.25. The maximum atomic E-state index is 12.9. The van der Waals surface area contributed by atoms with Gasteiger partial charge >= 0.3 is 0 Å². The SMILES string of the molecule is COc1ccc(OC)c(NC(=O)C(C)Sc2nnc(C3CC3)n2-c2ccccc2)c1. The Kier molecular flexibility index (Phi) is 5.94. The van der Waals surface area contributed by atoms with Crippen LogP contribution in [0.15, 0.2) is 53.7 Å². The number of thioether (sulfide) groups is 1. The molecule has 1 aliphatic rings. The van der Waals surface area contributed by atoms with Crippen LogP contribution in [0.3, 0.4) is 0 Å². The third-order valence-corrected chi connectivity index (χ3v) is 5.97. The molecule has 0 radical (unpaired) electrons. The molecule has 156 valence electrons. The van der Waals surface area contributed by atoms with Gasteiger partial charge in [-0.15, -0.1) is 10.2 Å². The van der Waals surface area contributed by atoms with Crippen LogP contribution in [0.4, 0.5) is 5.69 Å². The molecule has 1 heterocycles. The van der Waals surface area contributed by atoms with Crippen molar-refractivity contribution >= 4 is 23.4 Å². The number of methoxy groups -OCH3 is 2. The number of carbonyl (C=O) groups is 1. The van der Waals surface area contributed by atoms with Gasteiger partial charge in [-0.1, -0.05) is 30.0 Å². The molecule has 0 spiro atoms. The molecular formula is C22H24N4O3S. The fourth-order valence-electron chi connectivity index (χ4n) is 3.14. The highest BCUT2D eigenvalue weighted by atomic mass is 32.2. The van der Waals surface area contributed by atoms with E-state index in [0.717, 1.165) is 24.4 Å². The number of hydrogen-bond donors (Lipinski definition) is 1. The van der Waals surface area contributed by atoms with Crippen molar-refractivity contribution in [3.05, 3.63) is 54.4 Å². The van der Waals surface area contributed by atoms with Gasteiger partial charge in [0.05, 0.1) is 25.2 Å². The molecule has 1 saturated carbocycles. The standard InChI is InChI=1S/C22H24N4O3S/c1-14(21(27)23-18-13-17(28-2)11-12-19(18)29-3)30-22-25-24-20(15-9-10-15)26(22)16-7-5-4-6-8-16/h4-8,11-15H,9-10H2,1-3H3,(H,23,27). The highest BCUT2D eigenvalue weighted by Gasteiger charge is 2.32. The van der Waals surface area contributed by atoms with Crippen molar-refractivity contribution in [1.82, 2.24) is 14.8 Å². The van der Waals surface area contributed by atoms with Crippen molar-refractivity contribution in [2.45, 2.75) is 36.1 Å². The second-order valence-electron chi connectivity index (χ2n) is 7.10. The third kappa shape index (κ3) is 4.28. The van der Waals surface area contributed by atoms with Crippen LogP contribution in [0.25, 0.3) is 5.69 Å². The predicted octanol–water partition coefficient (Wildman–Crippen LogP) is 4.28. The quantitative estimate of drug-likeness (QED) is 0.544. The Morgan fingerprint density at radius 2 is 1.90 bits per heavy atom. The molecule has 30 heavy (non-hydrogen) atoms. The first-order chi connectivity index (χ1) is 14.6. The summed E-state index contributed by atoms with van der Waals surface area (Å²) in [5.74, 6) is 2.47. The van der Waals surface area contributed by atoms with Crippen LogP contribution in [-0.4, -0.2) is 40.1 Å². The number of ether oxygens (including phenoxy) is 2. The first-order valence-corrected chi connectivity index (χ1v) is 10.7. The van der Waals surface area contributed by atoms with E-state index in [4.69, 9.17) is 9.47 Å². The highest BCUT2D eigenvalue weighted by Crippen LogP contribution is 2.41. The highest BCUT2D eigenvalue weighted by molar-refractivity contribution is 8.00. The smallest absolute Gasteiger partial charge is 0.237 e. The zero-order valence-corrected chi connectivity index (χ0v) is 18.0. The summed E-state index contributed by atoms with van der Waals surface area (Å²) in [6.45, 7) is 1.85. The van der Waals surface area contributed by atoms with Crippen LogP contribution in [0.5, 0.6) is 11.5 Å². The molecule has 1 aromatic heterocycles. The van der Waals surface area contributed by atoms with Crippen LogP contribution in [0.2, 0.25) is 0 Å². The minimum absolute atomic E-state index is 0.151. The zero-order chi connectivity index (χ0) is 21.1. The van der Waals surface area contributed by atoms with Gasteiger partial charge in [0.25, 0.3) is 0 Å². The minimum Gasteiger partial charge on any atom is -0.497 e. The van der Waals surface area contributed by atoms with E-state index in [1.54, 1.807) is 32.4 Å². The molecular weight excluding hydrogens is 400 g/mol. The van der Waals surface area contributed by atoms with Crippen LogP contribution in [-0.2, 0) is 4.79 Å². The summed E-state index contributed by atoms with van der Waals surface area (Å²) in [4.78, 5) is 12.9. The van der Waals surface area contributed by atoms with E-state index < -0.39 is 0 Å². The number of aromatic nitrogens is 3. The molecule has 0 saturated heterocycles. The molecule has 8 heteroatoms. The number of anilines is 1. The third-order valence-electron chi connectivity index (χ3n) is 4.93. The number of carbonyl (C=O) groups excluding carboxylic acids is 1. The van der Waals surface area contributed by atoms with Crippen LogP contribution in [0.1, 0.15) is 31.5 Å². The largest absolute Gasteiger partial charge is 0.497 e. The normalized spacial score (nSPS) is 14.2. The summed E-state index contributed by atoms with van der Waals surface area (Å²) in [6, 6.07) is 15.3. The lowest BCUT2D eigenvalue weighted by Gasteiger charge is -2.15. The molecule has 0 bridgehead atoms. The Morgan fingerprint density at radius 1 is 1.13 bits per heavy atom. The van der Waals surface area contributed by atoms with Gasteiger partial charge in [-0.05, 0) is 44.0 Å². The van der Waals surface area contributed by atoms with Gasteiger partial charge in [-0.3, -0.25) is 9.36 Å². The second-order valence-corrected chi connectivity index (χ2v) is 8.41. The van der Waals surface area contributed by atoms with Gasteiger partial charge in [0.1, 0.15) is 17.3 Å². The lowest BCUT2D eigenvalue weighted by Crippen LogP contribution is -2.23. The molecule has 0 aliphatic heterocycles. The van der Waals surface area contributed by atoms with Crippen molar-refractivity contribution in [2.75, 3.05) is 19.5 Å².